The molecular weight excluding hydrogens is 391 g/mol. The molecule has 1 N–H and O–H groups in total. The highest BCUT2D eigenvalue weighted by Gasteiger charge is 2.28. The average molecular weight is 404 g/mol. The SMILES string of the molecule is CC1=NN(c2ccccc2)C(=O)/C1=C/c1ccc(O)c(I)c1. The Morgan fingerprint density at radius 3 is 2.59 bits per heavy atom. The summed E-state index contributed by atoms with van der Waals surface area (Å²) >= 11 is 2.06. The molecule has 4 nitrogen and oxygen atoms in total. The fraction of sp³-hybridized carbons (Fsp3) is 0.0588. The third-order valence-electron chi connectivity index (χ3n) is 3.35. The van der Waals surface area contributed by atoms with Crippen LogP contribution in [-0.2, 0) is 4.79 Å². The van der Waals surface area contributed by atoms with Crippen LogP contribution in [0.25, 0.3) is 6.08 Å². The molecule has 0 bridgehead atoms. The van der Waals surface area contributed by atoms with E-state index in [1.807, 2.05) is 43.3 Å². The number of halogens is 1. The molecule has 1 amide bonds. The summed E-state index contributed by atoms with van der Waals surface area (Å²) in [6.07, 6.45) is 1.80. The fourth-order valence-corrected chi connectivity index (χ4v) is 2.75. The zero-order valence-corrected chi connectivity index (χ0v) is 14.0. The molecule has 0 fully saturated rings. The summed E-state index contributed by atoms with van der Waals surface area (Å²) in [5.41, 5.74) is 2.84. The van der Waals surface area contributed by atoms with Gasteiger partial charge in [-0.05, 0) is 65.4 Å². The van der Waals surface area contributed by atoms with Crippen LogP contribution in [-0.4, -0.2) is 16.7 Å². The number of hydrogen-bond donors (Lipinski definition) is 1. The van der Waals surface area contributed by atoms with Gasteiger partial charge < -0.3 is 5.11 Å². The molecule has 110 valence electrons. The number of hydrazone groups is 1. The number of amides is 1. The molecule has 2 aromatic carbocycles. The van der Waals surface area contributed by atoms with Gasteiger partial charge in [0.15, 0.2) is 0 Å². The third kappa shape index (κ3) is 2.76. The molecule has 0 aliphatic carbocycles. The maximum Gasteiger partial charge on any atom is 0.280 e. The molecule has 5 heteroatoms. The molecule has 0 radical (unpaired) electrons. The minimum absolute atomic E-state index is 0.146. The zero-order chi connectivity index (χ0) is 15.7. The van der Waals surface area contributed by atoms with E-state index in [-0.39, 0.29) is 11.7 Å². The summed E-state index contributed by atoms with van der Waals surface area (Å²) in [7, 11) is 0. The van der Waals surface area contributed by atoms with Crippen molar-refractivity contribution in [3.63, 3.8) is 0 Å². The molecule has 0 saturated carbocycles. The molecule has 1 heterocycles. The smallest absolute Gasteiger partial charge is 0.280 e. The largest absolute Gasteiger partial charge is 0.507 e. The molecule has 1 aliphatic rings. The van der Waals surface area contributed by atoms with Gasteiger partial charge in [-0.25, -0.2) is 0 Å². The van der Waals surface area contributed by atoms with E-state index in [1.165, 1.54) is 5.01 Å². The Bertz CT molecular complexity index is 798. The van der Waals surface area contributed by atoms with E-state index in [0.29, 0.717) is 11.3 Å². The van der Waals surface area contributed by atoms with Gasteiger partial charge in [0.05, 0.1) is 20.5 Å². The highest BCUT2D eigenvalue weighted by atomic mass is 127. The molecule has 0 saturated heterocycles. The lowest BCUT2D eigenvalue weighted by Gasteiger charge is -2.11. The number of hydrogen-bond acceptors (Lipinski definition) is 3. The van der Waals surface area contributed by atoms with E-state index in [2.05, 4.69) is 27.7 Å². The predicted molar refractivity (Wildman–Crippen MR) is 95.8 cm³/mol. The summed E-state index contributed by atoms with van der Waals surface area (Å²) in [4.78, 5) is 12.6. The normalized spacial score (nSPS) is 16.3. The van der Waals surface area contributed by atoms with Gasteiger partial charge >= 0.3 is 0 Å². The Morgan fingerprint density at radius 1 is 1.18 bits per heavy atom. The lowest BCUT2D eigenvalue weighted by molar-refractivity contribution is -0.114. The van der Waals surface area contributed by atoms with Crippen molar-refractivity contribution in [1.29, 1.82) is 0 Å². The maximum atomic E-state index is 12.6. The Morgan fingerprint density at radius 2 is 1.91 bits per heavy atom. The standard InChI is InChI=1S/C17H13IN2O2/c1-11-14(9-12-7-8-16(21)15(18)10-12)17(22)20(19-11)13-5-3-2-4-6-13/h2-10,21H,1H3/b14-9+. The molecule has 0 spiro atoms. The van der Waals surface area contributed by atoms with Crippen LogP contribution in [0.4, 0.5) is 5.69 Å². The van der Waals surface area contributed by atoms with Crippen molar-refractivity contribution in [3.05, 3.63) is 63.2 Å². The number of anilines is 1. The van der Waals surface area contributed by atoms with Crippen LogP contribution < -0.4 is 5.01 Å². The topological polar surface area (TPSA) is 52.9 Å². The first-order valence-electron chi connectivity index (χ1n) is 6.71. The fourth-order valence-electron chi connectivity index (χ4n) is 2.21. The number of aromatic hydroxyl groups is 1. The van der Waals surface area contributed by atoms with Gasteiger partial charge in [0.2, 0.25) is 0 Å². The Balaban J connectivity index is 1.96. The molecule has 22 heavy (non-hydrogen) atoms. The Labute approximate surface area is 141 Å². The van der Waals surface area contributed by atoms with Gasteiger partial charge in [-0.15, -0.1) is 0 Å². The second-order valence-corrected chi connectivity index (χ2v) is 6.07. The summed E-state index contributed by atoms with van der Waals surface area (Å²) in [6.45, 7) is 1.82. The lowest BCUT2D eigenvalue weighted by Crippen LogP contribution is -2.21. The molecule has 2 aromatic rings. The number of phenols is 1. The highest BCUT2D eigenvalue weighted by molar-refractivity contribution is 14.1. The minimum atomic E-state index is -0.146. The van der Waals surface area contributed by atoms with Crippen LogP contribution in [0.15, 0.2) is 59.2 Å². The van der Waals surface area contributed by atoms with E-state index in [0.717, 1.165) is 14.8 Å². The number of carbonyl (C=O) groups excluding carboxylic acids is 1. The number of benzene rings is 2. The monoisotopic (exact) mass is 404 g/mol. The molecular formula is C17H13IN2O2. The average Bonchev–Trinajstić information content (AvgIpc) is 2.80. The van der Waals surface area contributed by atoms with Crippen LogP contribution in [0.3, 0.4) is 0 Å². The van der Waals surface area contributed by atoms with Crippen molar-refractivity contribution < 1.29 is 9.90 Å². The summed E-state index contributed by atoms with van der Waals surface area (Å²) < 4.78 is 0.743. The van der Waals surface area contributed by atoms with Gasteiger partial charge in [-0.3, -0.25) is 4.79 Å². The molecule has 3 rings (SSSR count). The first kappa shape index (κ1) is 14.8. The van der Waals surface area contributed by atoms with E-state index >= 15 is 0 Å². The number of nitrogens with zero attached hydrogens (tertiary/aromatic N) is 2. The van der Waals surface area contributed by atoms with Crippen molar-refractivity contribution in [2.45, 2.75) is 6.92 Å². The Kier molecular flexibility index (Phi) is 3.98. The van der Waals surface area contributed by atoms with Crippen LogP contribution in [0, 0.1) is 3.57 Å². The first-order chi connectivity index (χ1) is 10.6. The minimum Gasteiger partial charge on any atom is -0.507 e. The van der Waals surface area contributed by atoms with Crippen LogP contribution in [0.1, 0.15) is 12.5 Å². The van der Waals surface area contributed by atoms with Crippen LogP contribution >= 0.6 is 22.6 Å². The van der Waals surface area contributed by atoms with Crippen LogP contribution in [0.2, 0.25) is 0 Å². The van der Waals surface area contributed by atoms with Crippen LogP contribution in [0.5, 0.6) is 5.75 Å². The van der Waals surface area contributed by atoms with E-state index < -0.39 is 0 Å². The van der Waals surface area contributed by atoms with Crippen molar-refractivity contribution in [2.75, 3.05) is 5.01 Å². The number of phenolic OH excluding ortho intramolecular Hbond substituents is 1. The third-order valence-corrected chi connectivity index (χ3v) is 4.21. The quantitative estimate of drug-likeness (QED) is 0.612. The van der Waals surface area contributed by atoms with E-state index in [1.54, 1.807) is 18.2 Å². The number of para-hydroxylation sites is 1. The second kappa shape index (κ2) is 5.92. The van der Waals surface area contributed by atoms with Gasteiger partial charge in [-0.2, -0.15) is 10.1 Å². The highest BCUT2D eigenvalue weighted by Crippen LogP contribution is 2.26. The molecule has 0 unspecified atom stereocenters. The number of carbonyl (C=O) groups is 1. The molecule has 0 aromatic heterocycles. The molecule has 1 aliphatic heterocycles. The number of rotatable bonds is 2. The summed E-state index contributed by atoms with van der Waals surface area (Å²) in [5, 5.41) is 15.3. The lowest BCUT2D eigenvalue weighted by atomic mass is 10.1. The van der Waals surface area contributed by atoms with Crippen molar-refractivity contribution >= 4 is 46.0 Å². The summed E-state index contributed by atoms with van der Waals surface area (Å²) in [5.74, 6) is 0.0867. The van der Waals surface area contributed by atoms with E-state index in [9.17, 15) is 9.90 Å². The second-order valence-electron chi connectivity index (χ2n) is 4.91. The van der Waals surface area contributed by atoms with Crippen molar-refractivity contribution in [3.8, 4) is 5.75 Å². The van der Waals surface area contributed by atoms with Gasteiger partial charge in [0.1, 0.15) is 5.75 Å². The first-order valence-corrected chi connectivity index (χ1v) is 7.79. The van der Waals surface area contributed by atoms with Crippen molar-refractivity contribution in [1.82, 2.24) is 0 Å². The predicted octanol–water partition coefficient (Wildman–Crippen LogP) is 3.80. The maximum absolute atomic E-state index is 12.6. The van der Waals surface area contributed by atoms with Crippen molar-refractivity contribution in [2.24, 2.45) is 5.10 Å². The zero-order valence-electron chi connectivity index (χ0n) is 11.8. The van der Waals surface area contributed by atoms with E-state index in [4.69, 9.17) is 0 Å². The van der Waals surface area contributed by atoms with Gasteiger partial charge in [0.25, 0.3) is 5.91 Å². The molecule has 0 atom stereocenters. The Hall–Kier alpha value is -2.15. The summed E-state index contributed by atoms with van der Waals surface area (Å²) in [6, 6.07) is 14.6. The van der Waals surface area contributed by atoms with Gasteiger partial charge in [-0.1, -0.05) is 24.3 Å². The van der Waals surface area contributed by atoms with Gasteiger partial charge in [0, 0.05) is 0 Å².